The summed E-state index contributed by atoms with van der Waals surface area (Å²) in [5.74, 6) is -0.511. The molecule has 0 atom stereocenters. The Balaban J connectivity index is 1.53. The molecule has 3 aromatic carbocycles. The van der Waals surface area contributed by atoms with E-state index < -0.39 is 0 Å². The smallest absolute Gasteiger partial charge is 0.197 e. The first-order chi connectivity index (χ1) is 13.5. The summed E-state index contributed by atoms with van der Waals surface area (Å²) in [6.07, 6.45) is 3.48. The normalized spacial score (nSPS) is 18.4. The van der Waals surface area contributed by atoms with Gasteiger partial charge in [0.05, 0.1) is 16.3 Å². The van der Waals surface area contributed by atoms with Gasteiger partial charge in [-0.1, -0.05) is 65.8 Å². The van der Waals surface area contributed by atoms with Crippen molar-refractivity contribution in [1.82, 2.24) is 0 Å². The van der Waals surface area contributed by atoms with E-state index in [4.69, 9.17) is 7.85 Å². The van der Waals surface area contributed by atoms with Crippen molar-refractivity contribution in [3.63, 3.8) is 0 Å². The molecular formula is C23H14BNO2S. The van der Waals surface area contributed by atoms with E-state index in [-0.39, 0.29) is 17.1 Å². The average molecular weight is 379 g/mol. The molecule has 0 saturated heterocycles. The van der Waals surface area contributed by atoms with Crippen molar-refractivity contribution in [2.24, 2.45) is 0 Å². The summed E-state index contributed by atoms with van der Waals surface area (Å²) in [5, 5.41) is 3.36. The SMILES string of the molecule is [B]c1ccc2c(c1)C(=O)/C(=C/C=C1\Sc3c(ccc4ccccc34)N1C)C2=O. The Hall–Kier alpha value is -3.05. The molecule has 1 aliphatic heterocycles. The van der Waals surface area contributed by atoms with Gasteiger partial charge in [0.15, 0.2) is 11.6 Å². The molecule has 2 radical (unpaired) electrons. The van der Waals surface area contributed by atoms with Gasteiger partial charge in [0.2, 0.25) is 0 Å². The first-order valence-corrected chi connectivity index (χ1v) is 9.70. The summed E-state index contributed by atoms with van der Waals surface area (Å²) in [5.41, 5.74) is 2.59. The van der Waals surface area contributed by atoms with Crippen LogP contribution < -0.4 is 10.4 Å². The van der Waals surface area contributed by atoms with E-state index in [0.29, 0.717) is 16.6 Å². The molecule has 0 amide bonds. The highest BCUT2D eigenvalue weighted by atomic mass is 32.2. The summed E-state index contributed by atoms with van der Waals surface area (Å²) < 4.78 is 0. The third-order valence-electron chi connectivity index (χ3n) is 5.17. The molecule has 0 bridgehead atoms. The molecular weight excluding hydrogens is 365 g/mol. The van der Waals surface area contributed by atoms with Crippen LogP contribution in [0, 0.1) is 0 Å². The Morgan fingerprint density at radius 1 is 0.929 bits per heavy atom. The number of carbonyl (C=O) groups is 2. The van der Waals surface area contributed by atoms with Crippen molar-refractivity contribution >= 4 is 53.1 Å². The molecule has 0 unspecified atom stereocenters. The summed E-state index contributed by atoms with van der Waals surface area (Å²) in [6.45, 7) is 0. The molecule has 132 valence electrons. The van der Waals surface area contributed by atoms with Gasteiger partial charge in [-0.3, -0.25) is 9.59 Å². The molecule has 28 heavy (non-hydrogen) atoms. The van der Waals surface area contributed by atoms with Crippen LogP contribution >= 0.6 is 11.8 Å². The van der Waals surface area contributed by atoms with E-state index in [1.807, 2.05) is 25.3 Å². The molecule has 5 heteroatoms. The van der Waals surface area contributed by atoms with E-state index in [0.717, 1.165) is 10.7 Å². The van der Waals surface area contributed by atoms with Crippen LogP contribution in [-0.2, 0) is 0 Å². The zero-order valence-electron chi connectivity index (χ0n) is 15.1. The molecule has 0 aromatic heterocycles. The molecule has 1 heterocycles. The number of hydrogen-bond donors (Lipinski definition) is 0. The fourth-order valence-electron chi connectivity index (χ4n) is 3.69. The molecule has 0 N–H and O–H groups in total. The van der Waals surface area contributed by atoms with Crippen molar-refractivity contribution in [2.75, 3.05) is 11.9 Å². The molecule has 3 aromatic rings. The molecule has 2 aliphatic rings. The Morgan fingerprint density at radius 2 is 1.71 bits per heavy atom. The summed E-state index contributed by atoms with van der Waals surface area (Å²) in [6, 6.07) is 17.3. The second-order valence-electron chi connectivity index (χ2n) is 6.84. The second kappa shape index (κ2) is 6.25. The molecule has 5 rings (SSSR count). The maximum absolute atomic E-state index is 12.6. The first-order valence-electron chi connectivity index (χ1n) is 8.89. The summed E-state index contributed by atoms with van der Waals surface area (Å²) >= 11 is 1.65. The number of Topliss-reactive ketones (excluding diaryl/α,β-unsaturated/α-hetero) is 2. The van der Waals surface area contributed by atoms with Crippen LogP contribution in [0.3, 0.4) is 0 Å². The maximum Gasteiger partial charge on any atom is 0.197 e. The zero-order valence-corrected chi connectivity index (χ0v) is 15.9. The quantitative estimate of drug-likeness (QED) is 0.364. The number of benzene rings is 3. The van der Waals surface area contributed by atoms with E-state index in [1.165, 1.54) is 15.7 Å². The lowest BCUT2D eigenvalue weighted by molar-refractivity contribution is 0.0989. The van der Waals surface area contributed by atoms with E-state index in [9.17, 15) is 9.59 Å². The lowest BCUT2D eigenvalue weighted by Crippen LogP contribution is -2.09. The molecule has 0 fully saturated rings. The largest absolute Gasteiger partial charge is 0.338 e. The number of thioether (sulfide) groups is 1. The number of anilines is 1. The number of ketones is 2. The highest BCUT2D eigenvalue weighted by Crippen LogP contribution is 2.48. The van der Waals surface area contributed by atoms with Crippen LogP contribution in [0.5, 0.6) is 0 Å². The van der Waals surface area contributed by atoms with Gasteiger partial charge < -0.3 is 4.90 Å². The monoisotopic (exact) mass is 379 g/mol. The van der Waals surface area contributed by atoms with Crippen molar-refractivity contribution < 1.29 is 9.59 Å². The van der Waals surface area contributed by atoms with Crippen LogP contribution in [0.25, 0.3) is 10.8 Å². The third kappa shape index (κ3) is 2.47. The van der Waals surface area contributed by atoms with Crippen molar-refractivity contribution in [3.05, 3.63) is 88.5 Å². The van der Waals surface area contributed by atoms with Crippen LogP contribution in [0.2, 0.25) is 0 Å². The van der Waals surface area contributed by atoms with Gasteiger partial charge >= 0.3 is 0 Å². The Bertz CT molecular complexity index is 1260. The van der Waals surface area contributed by atoms with Crippen LogP contribution in [-0.4, -0.2) is 26.5 Å². The number of rotatable bonds is 1. The van der Waals surface area contributed by atoms with Crippen LogP contribution in [0.4, 0.5) is 5.69 Å². The lowest BCUT2D eigenvalue weighted by Gasteiger charge is -2.13. The molecule has 0 spiro atoms. The Morgan fingerprint density at radius 3 is 2.57 bits per heavy atom. The minimum Gasteiger partial charge on any atom is -0.338 e. The first kappa shape index (κ1) is 17.1. The van der Waals surface area contributed by atoms with Crippen molar-refractivity contribution in [1.29, 1.82) is 0 Å². The van der Waals surface area contributed by atoms with Gasteiger partial charge in [0.25, 0.3) is 0 Å². The van der Waals surface area contributed by atoms with Gasteiger partial charge in [-0.25, -0.2) is 0 Å². The highest BCUT2D eigenvalue weighted by Gasteiger charge is 2.32. The second-order valence-corrected chi connectivity index (χ2v) is 7.88. The maximum atomic E-state index is 12.6. The van der Waals surface area contributed by atoms with Crippen LogP contribution in [0.15, 0.2) is 82.2 Å². The molecule has 0 saturated carbocycles. The van der Waals surface area contributed by atoms with Gasteiger partial charge in [0.1, 0.15) is 7.85 Å². The zero-order chi connectivity index (χ0) is 19.4. The minimum absolute atomic E-state index is 0.183. The summed E-state index contributed by atoms with van der Waals surface area (Å²) in [4.78, 5) is 28.5. The highest BCUT2D eigenvalue weighted by molar-refractivity contribution is 8.04. The number of hydrogen-bond acceptors (Lipinski definition) is 4. The van der Waals surface area contributed by atoms with E-state index >= 15 is 0 Å². The predicted molar refractivity (Wildman–Crippen MR) is 115 cm³/mol. The molecule has 3 nitrogen and oxygen atoms in total. The fourth-order valence-corrected chi connectivity index (χ4v) is 4.87. The lowest BCUT2D eigenvalue weighted by atomic mass is 9.93. The Kier molecular flexibility index (Phi) is 3.81. The third-order valence-corrected chi connectivity index (χ3v) is 6.42. The van der Waals surface area contributed by atoms with Gasteiger partial charge in [-0.15, -0.1) is 0 Å². The number of carbonyl (C=O) groups excluding carboxylic acids is 2. The summed E-state index contributed by atoms with van der Waals surface area (Å²) in [7, 11) is 7.76. The number of nitrogens with zero attached hydrogens (tertiary/aromatic N) is 1. The fraction of sp³-hybridized carbons (Fsp3) is 0.0435. The average Bonchev–Trinajstić information content (AvgIpc) is 3.15. The van der Waals surface area contributed by atoms with E-state index in [2.05, 4.69) is 29.2 Å². The number of fused-ring (bicyclic) bond motifs is 4. The van der Waals surface area contributed by atoms with Crippen LogP contribution in [0.1, 0.15) is 20.7 Å². The predicted octanol–water partition coefficient (Wildman–Crippen LogP) is 4.02. The van der Waals surface area contributed by atoms with Crippen molar-refractivity contribution in [3.8, 4) is 0 Å². The van der Waals surface area contributed by atoms with Gasteiger partial charge in [0, 0.05) is 23.1 Å². The van der Waals surface area contributed by atoms with E-state index in [1.54, 1.807) is 36.0 Å². The minimum atomic E-state index is -0.266. The molecule has 1 aliphatic carbocycles. The standard InChI is InChI=1S/C23H14BNO2S/c1-25-19-10-6-13-4-2-3-5-15(13)23(19)28-20(25)11-9-17-21(26)16-8-7-14(24)12-18(16)22(17)27/h2-12H,1H3/b17-9+,20-11-. The number of allylic oxidation sites excluding steroid dienone is 3. The van der Waals surface area contributed by atoms with Crippen molar-refractivity contribution in [2.45, 2.75) is 4.90 Å². The topological polar surface area (TPSA) is 37.4 Å². The van der Waals surface area contributed by atoms with Gasteiger partial charge in [-0.05, 0) is 29.0 Å². The Labute approximate surface area is 168 Å². The van der Waals surface area contributed by atoms with Gasteiger partial charge in [-0.2, -0.15) is 0 Å².